The average molecular weight is 1940 g/mol. The molecule has 5 aliphatic rings. The van der Waals surface area contributed by atoms with Crippen molar-refractivity contribution in [3.63, 3.8) is 0 Å². The van der Waals surface area contributed by atoms with Crippen LogP contribution in [0.3, 0.4) is 0 Å². The van der Waals surface area contributed by atoms with E-state index < -0.39 is 155 Å². The molecule has 5 aliphatic carbocycles. The molecule has 0 bridgehead atoms. The van der Waals surface area contributed by atoms with Crippen LogP contribution < -0.4 is 20.1 Å². The molecule has 36 heteroatoms. The van der Waals surface area contributed by atoms with E-state index in [2.05, 4.69) is 36.0 Å². The second-order valence-corrected chi connectivity index (χ2v) is 36.2. The molecule has 12 nitrogen and oxygen atoms in total. The van der Waals surface area contributed by atoms with Gasteiger partial charge in [-0.05, 0) is 241 Å². The second-order valence-electron chi connectivity index (χ2n) is 30.8. The molecule has 8 aromatic carbocycles. The van der Waals surface area contributed by atoms with Gasteiger partial charge in [-0.1, -0.05) is 105 Å². The third-order valence-electron chi connectivity index (χ3n) is 22.1. The van der Waals surface area contributed by atoms with Gasteiger partial charge in [0, 0.05) is 49.9 Å². The van der Waals surface area contributed by atoms with Gasteiger partial charge in [-0.15, -0.1) is 0 Å². The number of carboxylic acids is 1. The van der Waals surface area contributed by atoms with Crippen molar-refractivity contribution in [3.05, 3.63) is 270 Å². The second kappa shape index (κ2) is 44.2. The van der Waals surface area contributed by atoms with Crippen LogP contribution in [0, 0.1) is 34.9 Å². The Morgan fingerprint density at radius 3 is 1.10 bits per heavy atom. The topological polar surface area (TPSA) is 189 Å². The zero-order valence-electron chi connectivity index (χ0n) is 66.5. The summed E-state index contributed by atoms with van der Waals surface area (Å²) in [5, 5.41) is 29.0. The number of amides is 2. The molecule has 0 aliphatic heterocycles. The summed E-state index contributed by atoms with van der Waals surface area (Å²) in [4.78, 5) is 49.6. The normalized spacial score (nSPS) is 16.4. The van der Waals surface area contributed by atoms with E-state index in [1.165, 1.54) is 128 Å². The fourth-order valence-corrected chi connectivity index (χ4v) is 23.6. The van der Waals surface area contributed by atoms with E-state index in [0.717, 1.165) is 97.4 Å². The van der Waals surface area contributed by atoms with Gasteiger partial charge in [0.05, 0.1) is 50.9 Å². The van der Waals surface area contributed by atoms with Crippen LogP contribution in [0.2, 0.25) is 5.82 Å². The van der Waals surface area contributed by atoms with Crippen molar-refractivity contribution in [3.8, 4) is 11.5 Å². The Labute approximate surface area is 722 Å². The van der Waals surface area contributed by atoms with Crippen LogP contribution in [0.25, 0.3) is 0 Å². The van der Waals surface area contributed by atoms with Crippen LogP contribution >= 0.6 is 23.2 Å². The summed E-state index contributed by atoms with van der Waals surface area (Å²) in [7, 11) is -2.47. The molecule has 8 aromatic rings. The summed E-state index contributed by atoms with van der Waals surface area (Å²) in [6.07, 6.45) is -5.52. The molecular weight excluding hydrogens is 1850 g/mol. The van der Waals surface area contributed by atoms with E-state index in [4.69, 9.17) is 23.4 Å². The number of benzene rings is 8. The maximum absolute atomic E-state index is 15.1. The molecular formula is C88H88BBrF20N2O10PPd+. The number of carbonyl (C=O) groups is 4. The SMILES string of the molecule is CC(=O)O.CC(=O)[P+](C1CCCCC1)(C1CCCCC1)C1CCCCC1.O=C(N[C@@](Cc1ccccc1)(c1cc(F)cc(OC(F)(F)C(F)F)c1)c1ccc(F)c(Br)c1)c1ccc(F)c(C(F)(F)F)c1.O=C(N[C@@](Cc1ccccc1)(c1cc(F)cc(OC(F)(F)C(F)F)c1)c1ccc(F)c(C2CC2)c1)c1ccc(F)c(C(F)(F)F)c1.OB(O)C1CC1.[O]=[Pd]. The molecule has 674 valence electrons. The van der Waals surface area contributed by atoms with Crippen molar-refractivity contribution in [1.82, 2.24) is 10.6 Å². The van der Waals surface area contributed by atoms with E-state index in [1.807, 2.05) is 6.92 Å². The number of hydrogen-bond donors (Lipinski definition) is 5. The van der Waals surface area contributed by atoms with Crippen molar-refractivity contribution < 1.29 is 154 Å². The molecule has 0 unspecified atom stereocenters. The first-order valence-corrected chi connectivity index (χ1v) is 42.9. The van der Waals surface area contributed by atoms with Crippen LogP contribution in [0.4, 0.5) is 87.8 Å². The third kappa shape index (κ3) is 26.8. The molecule has 0 saturated heterocycles. The minimum atomic E-state index is -5.19. The molecule has 13 rings (SSSR count). The van der Waals surface area contributed by atoms with Gasteiger partial charge < -0.3 is 35.3 Å². The molecule has 5 saturated carbocycles. The van der Waals surface area contributed by atoms with Crippen LogP contribution in [0.1, 0.15) is 213 Å². The van der Waals surface area contributed by atoms with Crippen LogP contribution in [0.15, 0.2) is 174 Å². The Bertz CT molecular complexity index is 4860. The summed E-state index contributed by atoms with van der Waals surface area (Å²) in [5.74, 6) is -12.7. The van der Waals surface area contributed by atoms with Crippen LogP contribution in [-0.2, 0) is 68.5 Å². The van der Waals surface area contributed by atoms with Gasteiger partial charge in [0.1, 0.15) is 46.4 Å². The summed E-state index contributed by atoms with van der Waals surface area (Å²) >= 11 is 4.50. The maximum atomic E-state index is 15.1. The molecule has 2 amide bonds. The molecule has 124 heavy (non-hydrogen) atoms. The monoisotopic (exact) mass is 1940 g/mol. The van der Waals surface area contributed by atoms with E-state index >= 15 is 4.39 Å². The van der Waals surface area contributed by atoms with Gasteiger partial charge in [0.25, 0.3) is 23.3 Å². The van der Waals surface area contributed by atoms with Gasteiger partial charge >= 0.3 is 67.2 Å². The van der Waals surface area contributed by atoms with Gasteiger partial charge in [-0.25, -0.2) is 26.3 Å². The third-order valence-corrected chi connectivity index (χ3v) is 29.0. The quantitative estimate of drug-likeness (QED) is 0.0221. The Kier molecular flexibility index (Phi) is 35.9. The molecule has 0 radical (unpaired) electrons. The number of rotatable bonds is 24. The van der Waals surface area contributed by atoms with Gasteiger partial charge in [0.2, 0.25) is 0 Å². The predicted molar refractivity (Wildman–Crippen MR) is 423 cm³/mol. The summed E-state index contributed by atoms with van der Waals surface area (Å²) in [5.41, 5.74) is -5.59. The fourth-order valence-electron chi connectivity index (χ4n) is 16.2. The van der Waals surface area contributed by atoms with E-state index in [-0.39, 0.29) is 63.4 Å². The number of hydrogen-bond acceptors (Lipinski definition) is 9. The number of ether oxygens (including phenoxy) is 2. The molecule has 5 N–H and O–H groups in total. The van der Waals surface area contributed by atoms with E-state index in [1.54, 1.807) is 60.7 Å². The Morgan fingerprint density at radius 2 is 0.798 bits per heavy atom. The number of aliphatic carboxylic acids is 1. The van der Waals surface area contributed by atoms with Crippen LogP contribution in [0.5, 0.6) is 11.5 Å². The standard InChI is InChI=1S/C33H23F10NO2.C30H18BrF10NO2.C20H36OP.C3H7BO2.C2H4O2.O.Pd/c34-23-13-22(14-24(16-23)46-33(42,43)30(37)38)31(17-18-4-2-1-3-5-18,21-9-11-27(35)25(15-21)19-6-7-19)44-29(45)20-8-10-28(36)26(12-20)32(39,40)41;31-23-13-18(7-9-25(23)34)28(15-16-4-2-1-3-5-16,19-11-20(32)14-21(12-19)44-30(40,41)27(35)36)42-26(43)17-6-8-24(33)22(10-17)29(37,38)39;1-17(21)22(18-11-5-2-6-12-18,19-13-7-3-8-14-19)20-15-9-4-10-16-20;5-4(6)3-1-2-3;1-2(3)4;;/h1-5,8-16,19,30H,6-7,17H2,(H,44,45);1-14,27H,15H2,(H,42,43);18-20H,2-16H2,1H3;3,5-6H,1-2H2;1H3,(H,3,4);;/q;;+1;;;;/t31-;28-;;;;;/m11...../s1. The molecule has 0 spiro atoms. The number of carboxylic acid groups (broad SMARTS) is 1. The summed E-state index contributed by atoms with van der Waals surface area (Å²) in [6, 6.07) is 29.4. The average Bonchev–Trinajstić information content (AvgIpc) is 1.39. The molecule has 2 atom stereocenters. The van der Waals surface area contributed by atoms with E-state index in [0.29, 0.717) is 53.8 Å². The Morgan fingerprint density at radius 1 is 0.452 bits per heavy atom. The van der Waals surface area contributed by atoms with Crippen molar-refractivity contribution in [2.45, 2.75) is 226 Å². The van der Waals surface area contributed by atoms with Crippen molar-refractivity contribution in [1.29, 1.82) is 0 Å². The number of halogens is 21. The molecule has 0 aromatic heterocycles. The number of alkyl halides is 14. The number of nitrogens with one attached hydrogen (secondary N) is 2. The molecule has 5 fully saturated rings. The van der Waals surface area contributed by atoms with E-state index in [9.17, 15) is 97.8 Å². The first kappa shape index (κ1) is 101. The van der Waals surface area contributed by atoms with Crippen molar-refractivity contribution in [2.24, 2.45) is 0 Å². The van der Waals surface area contributed by atoms with Gasteiger partial charge in [-0.2, -0.15) is 61.5 Å². The van der Waals surface area contributed by atoms with Crippen LogP contribution in [-0.4, -0.2) is 87.6 Å². The first-order chi connectivity index (χ1) is 58.4. The predicted octanol–water partition coefficient (Wildman–Crippen LogP) is 24.3. The van der Waals surface area contributed by atoms with Crippen molar-refractivity contribution >= 4 is 53.6 Å². The first-order valence-electron chi connectivity index (χ1n) is 39.5. The Hall–Kier alpha value is -8.60. The minimum absolute atomic E-state index is 0.0432. The van der Waals surface area contributed by atoms with Gasteiger partial charge in [0.15, 0.2) is 0 Å². The summed E-state index contributed by atoms with van der Waals surface area (Å²) < 4.78 is 292. The van der Waals surface area contributed by atoms with Gasteiger partial charge in [-0.3, -0.25) is 19.2 Å². The zero-order chi connectivity index (χ0) is 91.5. The fraction of sp³-hybridized carbons (Fsp3) is 0.409. The molecule has 0 heterocycles. The zero-order valence-corrected chi connectivity index (χ0v) is 70.6. The number of carbonyl (C=O) groups excluding carboxylic acids is 3. The Balaban J connectivity index is 0.000000225. The van der Waals surface area contributed by atoms with Crippen molar-refractivity contribution in [2.75, 3.05) is 0 Å². The summed E-state index contributed by atoms with van der Waals surface area (Å²) in [6.45, 7) is 3.10.